The van der Waals surface area contributed by atoms with E-state index in [9.17, 15) is 4.79 Å². The molecule has 1 atom stereocenters. The van der Waals surface area contributed by atoms with E-state index in [2.05, 4.69) is 33.8 Å². The summed E-state index contributed by atoms with van der Waals surface area (Å²) in [4.78, 5) is 13.4. The molecule has 1 aliphatic carbocycles. The fourth-order valence-corrected chi connectivity index (χ4v) is 4.15. The molecule has 1 aliphatic rings. The number of hydrogen-bond acceptors (Lipinski definition) is 5. The molecule has 3 aromatic rings. The highest BCUT2D eigenvalue weighted by Gasteiger charge is 2.20. The van der Waals surface area contributed by atoms with E-state index >= 15 is 0 Å². The third-order valence-corrected chi connectivity index (χ3v) is 5.63. The van der Waals surface area contributed by atoms with Crippen molar-refractivity contribution in [3.05, 3.63) is 47.6 Å². The van der Waals surface area contributed by atoms with Crippen LogP contribution >= 0.6 is 11.3 Å². The molecule has 1 unspecified atom stereocenters. The van der Waals surface area contributed by atoms with Crippen LogP contribution in [0.3, 0.4) is 0 Å². The highest BCUT2D eigenvalue weighted by Crippen LogP contribution is 2.34. The lowest BCUT2D eigenvalue weighted by atomic mass is 9.94. The van der Waals surface area contributed by atoms with E-state index in [1.54, 1.807) is 11.3 Å². The summed E-state index contributed by atoms with van der Waals surface area (Å²) in [6.07, 6.45) is 8.81. The van der Waals surface area contributed by atoms with E-state index in [1.807, 2.05) is 35.3 Å². The van der Waals surface area contributed by atoms with Gasteiger partial charge in [0.25, 0.3) is 0 Å². The summed E-state index contributed by atoms with van der Waals surface area (Å²) in [6, 6.07) is 6.00. The highest BCUT2D eigenvalue weighted by molar-refractivity contribution is 7.13. The number of carbonyl (C=O) groups excluding carboxylic acids is 1. The number of nitrogens with one attached hydrogen (secondary N) is 1. The van der Waals surface area contributed by atoms with Gasteiger partial charge in [0.2, 0.25) is 5.91 Å². The molecule has 0 spiro atoms. The predicted molar refractivity (Wildman–Crippen MR) is 105 cm³/mol. The molecule has 0 radical (unpaired) electrons. The van der Waals surface area contributed by atoms with Gasteiger partial charge in [-0.05, 0) is 37.6 Å². The number of rotatable bonds is 6. The third-order valence-electron chi connectivity index (χ3n) is 4.75. The van der Waals surface area contributed by atoms with Gasteiger partial charge in [0, 0.05) is 18.5 Å². The van der Waals surface area contributed by atoms with Gasteiger partial charge in [-0.15, -0.1) is 11.3 Å². The van der Waals surface area contributed by atoms with Gasteiger partial charge in [-0.1, -0.05) is 23.4 Å². The summed E-state index contributed by atoms with van der Waals surface area (Å²) < 4.78 is 7.38. The van der Waals surface area contributed by atoms with Gasteiger partial charge in [0.15, 0.2) is 5.76 Å². The Morgan fingerprint density at radius 3 is 3.07 bits per heavy atom. The van der Waals surface area contributed by atoms with E-state index in [0.717, 1.165) is 41.1 Å². The summed E-state index contributed by atoms with van der Waals surface area (Å²) >= 11 is 1.66. The molecule has 0 saturated heterocycles. The van der Waals surface area contributed by atoms with Crippen LogP contribution in [-0.2, 0) is 11.3 Å². The first-order valence-electron chi connectivity index (χ1n) is 9.18. The van der Waals surface area contributed by atoms with Crippen molar-refractivity contribution in [3.63, 3.8) is 0 Å². The van der Waals surface area contributed by atoms with E-state index in [0.29, 0.717) is 18.8 Å². The minimum absolute atomic E-state index is 0.0946. The molecule has 6 nitrogen and oxygen atoms in total. The summed E-state index contributed by atoms with van der Waals surface area (Å²) in [5.41, 5.74) is 2.75. The predicted octanol–water partition coefficient (Wildman–Crippen LogP) is 4.05. The maximum absolute atomic E-state index is 12.3. The highest BCUT2D eigenvalue weighted by atomic mass is 32.1. The van der Waals surface area contributed by atoms with Gasteiger partial charge in [-0.2, -0.15) is 5.10 Å². The third kappa shape index (κ3) is 3.88. The van der Waals surface area contributed by atoms with Crippen molar-refractivity contribution in [1.29, 1.82) is 0 Å². The molecule has 0 bridgehead atoms. The SMILES string of the molecule is Cc1cc(-c2cnn(CCNC(=O)C3CC=CCC3)c2-c2cccs2)on1. The van der Waals surface area contributed by atoms with Crippen LogP contribution in [-0.4, -0.2) is 27.4 Å². The second kappa shape index (κ2) is 7.92. The lowest BCUT2D eigenvalue weighted by Gasteiger charge is -2.17. The van der Waals surface area contributed by atoms with Crippen molar-refractivity contribution in [1.82, 2.24) is 20.3 Å². The first-order chi connectivity index (χ1) is 13.2. The maximum atomic E-state index is 12.3. The van der Waals surface area contributed by atoms with Crippen molar-refractivity contribution in [2.24, 2.45) is 5.92 Å². The normalized spacial score (nSPS) is 16.6. The second-order valence-electron chi connectivity index (χ2n) is 6.71. The first-order valence-corrected chi connectivity index (χ1v) is 10.1. The molecule has 0 fully saturated rings. The Balaban J connectivity index is 1.50. The summed E-state index contributed by atoms with van der Waals surface area (Å²) in [5, 5.41) is 13.6. The number of hydrogen-bond donors (Lipinski definition) is 1. The minimum Gasteiger partial charge on any atom is -0.356 e. The first kappa shape index (κ1) is 17.7. The number of nitrogens with zero attached hydrogens (tertiary/aromatic N) is 3. The van der Waals surface area contributed by atoms with Crippen LogP contribution in [0.2, 0.25) is 0 Å². The number of amides is 1. The molecule has 140 valence electrons. The number of thiophene rings is 1. The Bertz CT molecular complexity index is 939. The average molecular weight is 382 g/mol. The molecule has 3 heterocycles. The smallest absolute Gasteiger partial charge is 0.223 e. The molecule has 0 aromatic carbocycles. The Kier molecular flexibility index (Phi) is 5.20. The van der Waals surface area contributed by atoms with Crippen LogP contribution in [0, 0.1) is 12.8 Å². The second-order valence-corrected chi connectivity index (χ2v) is 7.66. The molecular formula is C20H22N4O2S. The van der Waals surface area contributed by atoms with E-state index < -0.39 is 0 Å². The molecule has 0 saturated carbocycles. The van der Waals surface area contributed by atoms with Crippen LogP contribution in [0.4, 0.5) is 0 Å². The summed E-state index contributed by atoms with van der Waals surface area (Å²) in [6.45, 7) is 3.06. The van der Waals surface area contributed by atoms with Gasteiger partial charge in [0.1, 0.15) is 0 Å². The Morgan fingerprint density at radius 1 is 1.44 bits per heavy atom. The van der Waals surface area contributed by atoms with Crippen LogP contribution in [0.25, 0.3) is 21.9 Å². The lowest BCUT2D eigenvalue weighted by molar-refractivity contribution is -0.125. The molecule has 3 aromatic heterocycles. The summed E-state index contributed by atoms with van der Waals surface area (Å²) in [7, 11) is 0. The fourth-order valence-electron chi connectivity index (χ4n) is 3.36. The summed E-state index contributed by atoms with van der Waals surface area (Å²) in [5.74, 6) is 0.938. The number of allylic oxidation sites excluding steroid dienone is 2. The Labute approximate surface area is 161 Å². The van der Waals surface area contributed by atoms with Crippen LogP contribution < -0.4 is 5.32 Å². The largest absolute Gasteiger partial charge is 0.356 e. The zero-order valence-corrected chi connectivity index (χ0v) is 16.0. The molecular weight excluding hydrogens is 360 g/mol. The minimum atomic E-state index is 0.0946. The van der Waals surface area contributed by atoms with Crippen molar-refractivity contribution in [2.75, 3.05) is 6.54 Å². The molecule has 7 heteroatoms. The van der Waals surface area contributed by atoms with Crippen molar-refractivity contribution in [3.8, 4) is 21.9 Å². The van der Waals surface area contributed by atoms with Crippen molar-refractivity contribution < 1.29 is 9.32 Å². The monoisotopic (exact) mass is 382 g/mol. The Morgan fingerprint density at radius 2 is 2.37 bits per heavy atom. The number of aromatic nitrogens is 3. The Hall–Kier alpha value is -2.67. The van der Waals surface area contributed by atoms with Gasteiger partial charge < -0.3 is 9.84 Å². The number of aryl methyl sites for hydroxylation is 1. The average Bonchev–Trinajstić information content (AvgIpc) is 3.42. The van der Waals surface area contributed by atoms with Crippen LogP contribution in [0.1, 0.15) is 25.0 Å². The number of carbonyl (C=O) groups is 1. The quantitative estimate of drug-likeness (QED) is 0.653. The van der Waals surface area contributed by atoms with Gasteiger partial charge in [0.05, 0.1) is 34.6 Å². The zero-order valence-electron chi connectivity index (χ0n) is 15.2. The maximum Gasteiger partial charge on any atom is 0.223 e. The van der Waals surface area contributed by atoms with Crippen molar-refractivity contribution in [2.45, 2.75) is 32.7 Å². The van der Waals surface area contributed by atoms with Crippen LogP contribution in [0.15, 0.2) is 46.5 Å². The van der Waals surface area contributed by atoms with E-state index in [-0.39, 0.29) is 11.8 Å². The van der Waals surface area contributed by atoms with Gasteiger partial charge >= 0.3 is 0 Å². The van der Waals surface area contributed by atoms with Gasteiger partial charge in [-0.25, -0.2) is 0 Å². The topological polar surface area (TPSA) is 73.0 Å². The lowest BCUT2D eigenvalue weighted by Crippen LogP contribution is -2.33. The van der Waals surface area contributed by atoms with Gasteiger partial charge in [-0.3, -0.25) is 9.48 Å². The van der Waals surface area contributed by atoms with E-state index in [4.69, 9.17) is 4.52 Å². The molecule has 4 rings (SSSR count). The molecule has 1 N–H and O–H groups in total. The van der Waals surface area contributed by atoms with E-state index in [1.165, 1.54) is 0 Å². The molecule has 27 heavy (non-hydrogen) atoms. The van der Waals surface area contributed by atoms with Crippen molar-refractivity contribution >= 4 is 17.2 Å². The molecule has 1 amide bonds. The molecule has 0 aliphatic heterocycles. The standard InChI is InChI=1S/C20H22N4O2S/c1-14-12-17(26-23-14)16-13-22-24(19(16)18-8-5-11-27-18)10-9-21-20(25)15-6-3-2-4-7-15/h2-3,5,8,11-13,15H,4,6-7,9-10H2,1H3,(H,21,25). The fraction of sp³-hybridized carbons (Fsp3) is 0.350. The zero-order chi connectivity index (χ0) is 18.6. The van der Waals surface area contributed by atoms with Crippen LogP contribution in [0.5, 0.6) is 0 Å².